The van der Waals surface area contributed by atoms with E-state index in [-0.39, 0.29) is 29.2 Å². The summed E-state index contributed by atoms with van der Waals surface area (Å²) in [5, 5.41) is 7.55. The molecule has 0 saturated carbocycles. The third kappa shape index (κ3) is 7.72. The normalized spacial score (nSPS) is 11.2. The minimum Gasteiger partial charge on any atom is -0.331 e. The molecule has 3 aromatic rings. The van der Waals surface area contributed by atoms with Gasteiger partial charge < -0.3 is 10.3 Å². The van der Waals surface area contributed by atoms with Gasteiger partial charge in [0.05, 0.1) is 0 Å². The monoisotopic (exact) mass is 551 g/mol. The van der Waals surface area contributed by atoms with Gasteiger partial charge >= 0.3 is 5.69 Å². The number of amides is 1. The fourth-order valence-corrected chi connectivity index (χ4v) is 4.06. The summed E-state index contributed by atoms with van der Waals surface area (Å²) >= 11 is 0. The summed E-state index contributed by atoms with van der Waals surface area (Å²) in [7, 11) is 0. The number of carbonyl (C=O) groups is 1. The third-order valence-corrected chi connectivity index (χ3v) is 6.13. The molecule has 3 heterocycles. The number of hydrogen-bond acceptors (Lipinski definition) is 5. The highest BCUT2D eigenvalue weighted by Crippen LogP contribution is 2.23. The van der Waals surface area contributed by atoms with Gasteiger partial charge in [-0.05, 0) is 46.1 Å². The summed E-state index contributed by atoms with van der Waals surface area (Å²) in [5.41, 5.74) is 2.82. The van der Waals surface area contributed by atoms with Crippen molar-refractivity contribution in [3.63, 3.8) is 0 Å². The Morgan fingerprint density at radius 2 is 1.65 bits per heavy atom. The Kier molecular flexibility index (Phi) is 14.2. The highest BCUT2D eigenvalue weighted by atomic mass is 16.2. The van der Waals surface area contributed by atoms with Crippen molar-refractivity contribution in [1.29, 1.82) is 0 Å². The number of nitrogens with one attached hydrogen (secondary N) is 2. The SMILES string of the molecule is C#C.C/C=C(\C=C/CCC)NC(=O)Cn1nc(-c2nc3c([nH]2)c(=O)n(CCC)c(=O)n3CCC)c(C)c1C.CC. The van der Waals surface area contributed by atoms with Crippen LogP contribution in [0.25, 0.3) is 22.7 Å². The summed E-state index contributed by atoms with van der Waals surface area (Å²) in [6, 6.07) is 0. The molecule has 3 rings (SSSR count). The van der Waals surface area contributed by atoms with E-state index in [2.05, 4.69) is 40.2 Å². The van der Waals surface area contributed by atoms with Gasteiger partial charge in [0.2, 0.25) is 5.91 Å². The van der Waals surface area contributed by atoms with Crippen LogP contribution in [0.5, 0.6) is 0 Å². The number of nitrogens with zero attached hydrogens (tertiary/aromatic N) is 5. The van der Waals surface area contributed by atoms with E-state index in [9.17, 15) is 14.4 Å². The van der Waals surface area contributed by atoms with Crippen molar-refractivity contribution < 1.29 is 4.79 Å². The number of fused-ring (bicyclic) bond motifs is 1. The molecule has 0 bridgehead atoms. The first-order valence-electron chi connectivity index (χ1n) is 14.0. The van der Waals surface area contributed by atoms with Gasteiger partial charge in [0.1, 0.15) is 17.8 Å². The van der Waals surface area contributed by atoms with Gasteiger partial charge in [-0.25, -0.2) is 9.78 Å². The molecule has 0 saturated heterocycles. The van der Waals surface area contributed by atoms with Crippen molar-refractivity contribution >= 4 is 17.1 Å². The molecule has 0 radical (unpaired) electrons. The van der Waals surface area contributed by atoms with Crippen LogP contribution in [-0.4, -0.2) is 34.8 Å². The average Bonchev–Trinajstić information content (AvgIpc) is 3.52. The average molecular weight is 552 g/mol. The van der Waals surface area contributed by atoms with Crippen LogP contribution in [0.15, 0.2) is 33.5 Å². The van der Waals surface area contributed by atoms with Crippen LogP contribution in [0.3, 0.4) is 0 Å². The summed E-state index contributed by atoms with van der Waals surface area (Å²) in [6.45, 7) is 16.5. The van der Waals surface area contributed by atoms with Gasteiger partial charge in [-0.15, -0.1) is 12.8 Å². The Morgan fingerprint density at radius 3 is 2.23 bits per heavy atom. The maximum atomic E-state index is 13.1. The van der Waals surface area contributed by atoms with Crippen molar-refractivity contribution in [2.45, 2.75) is 101 Å². The van der Waals surface area contributed by atoms with Crippen molar-refractivity contribution in [2.75, 3.05) is 0 Å². The number of rotatable bonds is 11. The van der Waals surface area contributed by atoms with Gasteiger partial charge in [0, 0.05) is 30.0 Å². The summed E-state index contributed by atoms with van der Waals surface area (Å²) in [5.74, 6) is 0.210. The Bertz CT molecular complexity index is 1460. The van der Waals surface area contributed by atoms with Crippen LogP contribution >= 0.6 is 0 Å². The van der Waals surface area contributed by atoms with Gasteiger partial charge in [0.25, 0.3) is 5.56 Å². The molecule has 0 spiro atoms. The number of aromatic amines is 1. The number of aromatic nitrogens is 6. The van der Waals surface area contributed by atoms with Crippen molar-refractivity contribution in [3.8, 4) is 24.4 Å². The second kappa shape index (κ2) is 16.7. The molecular formula is C30H45N7O3. The molecule has 0 unspecified atom stereocenters. The molecule has 0 aromatic carbocycles. The van der Waals surface area contributed by atoms with Crippen LogP contribution in [0, 0.1) is 26.7 Å². The van der Waals surface area contributed by atoms with Crippen LogP contribution in [0.4, 0.5) is 0 Å². The first kappa shape index (κ1) is 33.9. The zero-order valence-corrected chi connectivity index (χ0v) is 25.3. The number of hydrogen-bond donors (Lipinski definition) is 2. The van der Waals surface area contributed by atoms with E-state index in [0.717, 1.165) is 36.2 Å². The van der Waals surface area contributed by atoms with Gasteiger partial charge in [0.15, 0.2) is 11.5 Å². The van der Waals surface area contributed by atoms with Gasteiger partial charge in [-0.3, -0.25) is 23.4 Å². The van der Waals surface area contributed by atoms with Crippen LogP contribution < -0.4 is 16.6 Å². The maximum absolute atomic E-state index is 13.1. The van der Waals surface area contributed by atoms with Crippen molar-refractivity contribution in [2.24, 2.45) is 0 Å². The van der Waals surface area contributed by atoms with Gasteiger partial charge in [-0.2, -0.15) is 5.10 Å². The maximum Gasteiger partial charge on any atom is 0.332 e. The number of aryl methyl sites for hydroxylation is 1. The van der Waals surface area contributed by atoms with Crippen molar-refractivity contribution in [3.05, 3.63) is 56.0 Å². The fraction of sp³-hybridized carbons (Fsp3) is 0.500. The quantitative estimate of drug-likeness (QED) is 0.261. The van der Waals surface area contributed by atoms with E-state index in [1.165, 1.54) is 4.57 Å². The van der Waals surface area contributed by atoms with E-state index in [4.69, 9.17) is 0 Å². The summed E-state index contributed by atoms with van der Waals surface area (Å²) in [6.07, 6.45) is 17.2. The standard InChI is InChI=1S/C26H37N7O3.C2H6.C2H2/c1-7-11-12-13-19(10-4)27-20(34)16-33-18(6)17(5)21(30-33)23-28-22-24(29-23)31(14-8-2)26(36)32(15-9-3)25(22)35;2*1-2/h10,12-13H,7-9,11,14-16H2,1-6H3,(H,27,34)(H,28,29);1-2H3;1-2H/b13-12-,19-10+;;. The Balaban J connectivity index is 0.00000191. The molecule has 10 nitrogen and oxygen atoms in total. The first-order chi connectivity index (χ1) is 19.3. The molecular weight excluding hydrogens is 506 g/mol. The fourth-order valence-electron chi connectivity index (χ4n) is 4.06. The smallest absolute Gasteiger partial charge is 0.331 e. The third-order valence-electron chi connectivity index (χ3n) is 6.13. The molecule has 0 fully saturated rings. The lowest BCUT2D eigenvalue weighted by Crippen LogP contribution is -2.40. The zero-order valence-electron chi connectivity index (χ0n) is 25.3. The molecule has 218 valence electrons. The highest BCUT2D eigenvalue weighted by molar-refractivity contribution is 5.79. The number of unbranched alkanes of at least 4 members (excludes halogenated alkanes) is 1. The lowest BCUT2D eigenvalue weighted by molar-refractivity contribution is -0.121. The number of imidazole rings is 1. The number of H-pyrrole nitrogens is 1. The summed E-state index contributed by atoms with van der Waals surface area (Å²) in [4.78, 5) is 46.5. The molecule has 0 aliphatic carbocycles. The van der Waals surface area contributed by atoms with Crippen LogP contribution in [-0.2, 0) is 24.4 Å². The minimum atomic E-state index is -0.383. The zero-order chi connectivity index (χ0) is 30.4. The van der Waals surface area contributed by atoms with E-state index < -0.39 is 0 Å². The Labute approximate surface area is 237 Å². The van der Waals surface area contributed by atoms with Crippen LogP contribution in [0.1, 0.15) is 78.5 Å². The molecule has 2 N–H and O–H groups in total. The lowest BCUT2D eigenvalue weighted by Gasteiger charge is -2.09. The predicted octanol–water partition coefficient (Wildman–Crippen LogP) is 4.84. The second-order valence-corrected chi connectivity index (χ2v) is 8.87. The molecule has 10 heteroatoms. The number of carbonyl (C=O) groups excluding carboxylic acids is 1. The van der Waals surface area contributed by atoms with Gasteiger partial charge in [-0.1, -0.05) is 53.2 Å². The van der Waals surface area contributed by atoms with E-state index in [1.54, 1.807) is 9.25 Å². The molecule has 0 aliphatic heterocycles. The van der Waals surface area contributed by atoms with Crippen molar-refractivity contribution in [1.82, 2.24) is 34.2 Å². The summed E-state index contributed by atoms with van der Waals surface area (Å²) < 4.78 is 4.43. The van der Waals surface area contributed by atoms with E-state index >= 15 is 0 Å². The molecule has 3 aromatic heterocycles. The number of terminal acetylenes is 1. The Hall–Kier alpha value is -4.13. The predicted molar refractivity (Wildman–Crippen MR) is 163 cm³/mol. The molecule has 1 amide bonds. The van der Waals surface area contributed by atoms with E-state index in [1.807, 2.05) is 66.7 Å². The minimum absolute atomic E-state index is 0.0374. The number of allylic oxidation sites excluding steroid dienone is 3. The van der Waals surface area contributed by atoms with Crippen LogP contribution in [0.2, 0.25) is 0 Å². The lowest BCUT2D eigenvalue weighted by atomic mass is 10.2. The molecule has 0 aliphatic rings. The topological polar surface area (TPSA) is 120 Å². The largest absolute Gasteiger partial charge is 0.332 e. The first-order valence-corrected chi connectivity index (χ1v) is 14.0. The molecule has 40 heavy (non-hydrogen) atoms. The van der Waals surface area contributed by atoms with E-state index in [0.29, 0.717) is 36.7 Å². The Morgan fingerprint density at radius 1 is 1.02 bits per heavy atom. The molecule has 0 atom stereocenters. The highest BCUT2D eigenvalue weighted by Gasteiger charge is 2.21. The second-order valence-electron chi connectivity index (χ2n) is 8.87.